The first-order valence-electron chi connectivity index (χ1n) is 12.1. The fourth-order valence-electron chi connectivity index (χ4n) is 4.96. The van der Waals surface area contributed by atoms with Gasteiger partial charge < -0.3 is 19.7 Å². The Kier molecular flexibility index (Phi) is 7.82. The zero-order valence-corrected chi connectivity index (χ0v) is 19.2. The molecule has 32 heavy (non-hydrogen) atoms. The van der Waals surface area contributed by atoms with Crippen molar-refractivity contribution in [1.82, 2.24) is 4.90 Å². The number of ether oxygens (including phenoxy) is 2. The molecule has 0 aliphatic carbocycles. The number of hydrogen-bond donors (Lipinski definition) is 1. The Balaban J connectivity index is 1.30. The second kappa shape index (κ2) is 11.0. The first-order valence-corrected chi connectivity index (χ1v) is 12.1. The van der Waals surface area contributed by atoms with Crippen LogP contribution < -0.4 is 10.1 Å². The third-order valence-corrected chi connectivity index (χ3v) is 7.02. The SMILES string of the molecule is C[C@@H]1CCCCN1CCCOc1ccc(NC(=O)C2(c3ccccc3)CCOCC2)cc1. The van der Waals surface area contributed by atoms with Gasteiger partial charge in [-0.15, -0.1) is 0 Å². The molecule has 2 aliphatic heterocycles. The van der Waals surface area contributed by atoms with Crippen LogP contribution in [0, 0.1) is 0 Å². The molecule has 0 radical (unpaired) electrons. The molecule has 0 unspecified atom stereocenters. The van der Waals surface area contributed by atoms with E-state index in [0.717, 1.165) is 30.0 Å². The molecule has 172 valence electrons. The number of hydrogen-bond acceptors (Lipinski definition) is 4. The average Bonchev–Trinajstić information content (AvgIpc) is 2.85. The number of nitrogens with zero attached hydrogens (tertiary/aromatic N) is 1. The molecule has 2 fully saturated rings. The lowest BCUT2D eigenvalue weighted by Crippen LogP contribution is -2.44. The molecular weight excluding hydrogens is 400 g/mol. The van der Waals surface area contributed by atoms with Crippen LogP contribution in [0.1, 0.15) is 51.0 Å². The molecule has 0 spiro atoms. The lowest BCUT2D eigenvalue weighted by atomic mass is 9.73. The van der Waals surface area contributed by atoms with Crippen molar-refractivity contribution in [2.45, 2.75) is 56.9 Å². The highest BCUT2D eigenvalue weighted by molar-refractivity contribution is 5.99. The van der Waals surface area contributed by atoms with Gasteiger partial charge in [-0.3, -0.25) is 4.79 Å². The lowest BCUT2D eigenvalue weighted by Gasteiger charge is -2.36. The standard InChI is InChI=1S/C27H36N2O3/c1-22-8-5-6-17-29(22)18-7-19-32-25-13-11-24(12-14-25)28-26(30)27(15-20-31-21-16-27)23-9-3-2-4-10-23/h2-4,9-14,22H,5-8,15-21H2,1H3,(H,28,30)/t22-/m1/s1. The molecule has 5 heteroatoms. The van der Waals surface area contributed by atoms with Crippen molar-refractivity contribution in [3.8, 4) is 5.75 Å². The molecule has 2 saturated heterocycles. The maximum Gasteiger partial charge on any atom is 0.235 e. The fourth-order valence-corrected chi connectivity index (χ4v) is 4.96. The van der Waals surface area contributed by atoms with Gasteiger partial charge in [-0.25, -0.2) is 0 Å². The van der Waals surface area contributed by atoms with Crippen molar-refractivity contribution < 1.29 is 14.3 Å². The first-order chi connectivity index (χ1) is 15.7. The lowest BCUT2D eigenvalue weighted by molar-refractivity contribution is -0.125. The van der Waals surface area contributed by atoms with E-state index in [2.05, 4.69) is 17.1 Å². The minimum absolute atomic E-state index is 0.0383. The van der Waals surface area contributed by atoms with Crippen LogP contribution in [0.15, 0.2) is 54.6 Å². The Hall–Kier alpha value is -2.37. The molecule has 2 aromatic carbocycles. The highest BCUT2D eigenvalue weighted by Crippen LogP contribution is 2.36. The highest BCUT2D eigenvalue weighted by Gasteiger charge is 2.41. The number of anilines is 1. The van der Waals surface area contributed by atoms with Crippen molar-refractivity contribution in [3.05, 3.63) is 60.2 Å². The molecular formula is C27H36N2O3. The van der Waals surface area contributed by atoms with Crippen LogP contribution in [-0.4, -0.2) is 49.8 Å². The average molecular weight is 437 g/mol. The summed E-state index contributed by atoms with van der Waals surface area (Å²) in [6.45, 7) is 6.56. The summed E-state index contributed by atoms with van der Waals surface area (Å²) < 4.78 is 11.5. The predicted molar refractivity (Wildman–Crippen MR) is 128 cm³/mol. The van der Waals surface area contributed by atoms with Crippen LogP contribution in [0.4, 0.5) is 5.69 Å². The molecule has 0 aromatic heterocycles. The van der Waals surface area contributed by atoms with E-state index in [1.165, 1.54) is 25.8 Å². The maximum absolute atomic E-state index is 13.4. The molecule has 2 aromatic rings. The van der Waals surface area contributed by atoms with Gasteiger partial charge in [0.15, 0.2) is 0 Å². The largest absolute Gasteiger partial charge is 0.494 e. The van der Waals surface area contributed by atoms with Crippen LogP contribution in [-0.2, 0) is 14.9 Å². The van der Waals surface area contributed by atoms with E-state index in [-0.39, 0.29) is 5.91 Å². The van der Waals surface area contributed by atoms with E-state index in [9.17, 15) is 4.79 Å². The van der Waals surface area contributed by atoms with Gasteiger partial charge in [0.05, 0.1) is 12.0 Å². The normalized spacial score (nSPS) is 21.1. The fraction of sp³-hybridized carbons (Fsp3) is 0.519. The van der Waals surface area contributed by atoms with Crippen LogP contribution in [0.2, 0.25) is 0 Å². The number of amides is 1. The van der Waals surface area contributed by atoms with Crippen molar-refractivity contribution >= 4 is 11.6 Å². The summed E-state index contributed by atoms with van der Waals surface area (Å²) in [5.41, 5.74) is 1.32. The topological polar surface area (TPSA) is 50.8 Å². The van der Waals surface area contributed by atoms with Crippen LogP contribution in [0.25, 0.3) is 0 Å². The van der Waals surface area contributed by atoms with Gasteiger partial charge in [0, 0.05) is 31.5 Å². The van der Waals surface area contributed by atoms with E-state index >= 15 is 0 Å². The van der Waals surface area contributed by atoms with Gasteiger partial charge >= 0.3 is 0 Å². The quantitative estimate of drug-likeness (QED) is 0.591. The van der Waals surface area contributed by atoms with Gasteiger partial charge in [-0.1, -0.05) is 36.8 Å². The number of nitrogens with one attached hydrogen (secondary N) is 1. The second-order valence-electron chi connectivity index (χ2n) is 9.12. The summed E-state index contributed by atoms with van der Waals surface area (Å²) >= 11 is 0. The Morgan fingerprint density at radius 3 is 2.56 bits per heavy atom. The smallest absolute Gasteiger partial charge is 0.235 e. The molecule has 2 aliphatic rings. The zero-order valence-electron chi connectivity index (χ0n) is 19.2. The first kappa shape index (κ1) is 22.8. The number of likely N-dealkylation sites (tertiary alicyclic amines) is 1. The summed E-state index contributed by atoms with van der Waals surface area (Å²) in [5, 5.41) is 3.14. The van der Waals surface area contributed by atoms with Gasteiger partial charge in [0.25, 0.3) is 0 Å². The summed E-state index contributed by atoms with van der Waals surface area (Å²) in [7, 11) is 0. The maximum atomic E-state index is 13.4. The third kappa shape index (κ3) is 5.51. The van der Waals surface area contributed by atoms with Gasteiger partial charge in [0.2, 0.25) is 5.91 Å². The monoisotopic (exact) mass is 436 g/mol. The van der Waals surface area contributed by atoms with Crippen LogP contribution in [0.3, 0.4) is 0 Å². The summed E-state index contributed by atoms with van der Waals surface area (Å²) in [4.78, 5) is 15.9. The number of benzene rings is 2. The van der Waals surface area contributed by atoms with Crippen molar-refractivity contribution in [3.63, 3.8) is 0 Å². The molecule has 1 atom stereocenters. The van der Waals surface area contributed by atoms with E-state index in [1.807, 2.05) is 54.6 Å². The van der Waals surface area contributed by atoms with Gasteiger partial charge in [0.1, 0.15) is 5.75 Å². The van der Waals surface area contributed by atoms with Gasteiger partial charge in [-0.2, -0.15) is 0 Å². The van der Waals surface area contributed by atoms with Crippen LogP contribution >= 0.6 is 0 Å². The number of piperidine rings is 1. The highest BCUT2D eigenvalue weighted by atomic mass is 16.5. The zero-order chi connectivity index (χ0) is 22.2. The Bertz CT molecular complexity index is 847. The van der Waals surface area contributed by atoms with E-state index in [4.69, 9.17) is 9.47 Å². The summed E-state index contributed by atoms with van der Waals surface area (Å²) in [5.74, 6) is 0.884. The predicted octanol–water partition coefficient (Wildman–Crippen LogP) is 5.02. The second-order valence-corrected chi connectivity index (χ2v) is 9.12. The van der Waals surface area contributed by atoms with Crippen molar-refractivity contribution in [2.75, 3.05) is 38.2 Å². The Labute approximate surface area is 192 Å². The minimum atomic E-state index is -0.541. The molecule has 1 amide bonds. The van der Waals surface area contributed by atoms with Gasteiger partial charge in [-0.05, 0) is 75.4 Å². The molecule has 4 rings (SSSR count). The number of rotatable bonds is 8. The molecule has 5 nitrogen and oxygen atoms in total. The van der Waals surface area contributed by atoms with E-state index in [0.29, 0.717) is 38.7 Å². The third-order valence-electron chi connectivity index (χ3n) is 7.02. The van der Waals surface area contributed by atoms with Crippen LogP contribution in [0.5, 0.6) is 5.75 Å². The molecule has 2 heterocycles. The number of carbonyl (C=O) groups is 1. The van der Waals surface area contributed by atoms with E-state index < -0.39 is 5.41 Å². The Morgan fingerprint density at radius 2 is 1.84 bits per heavy atom. The molecule has 0 bridgehead atoms. The summed E-state index contributed by atoms with van der Waals surface area (Å²) in [6, 6.07) is 18.5. The Morgan fingerprint density at radius 1 is 1.09 bits per heavy atom. The summed E-state index contributed by atoms with van der Waals surface area (Å²) in [6.07, 6.45) is 6.41. The van der Waals surface area contributed by atoms with Crippen molar-refractivity contribution in [1.29, 1.82) is 0 Å². The van der Waals surface area contributed by atoms with Crippen molar-refractivity contribution in [2.24, 2.45) is 0 Å². The number of carbonyl (C=O) groups excluding carboxylic acids is 1. The molecule has 0 saturated carbocycles. The minimum Gasteiger partial charge on any atom is -0.494 e. The molecule has 1 N–H and O–H groups in total. The van der Waals surface area contributed by atoms with E-state index in [1.54, 1.807) is 0 Å².